The van der Waals surface area contributed by atoms with Crippen LogP contribution in [0.25, 0.3) is 22.1 Å². The molecule has 1 aliphatic carbocycles. The van der Waals surface area contributed by atoms with E-state index in [4.69, 9.17) is 10.5 Å². The Morgan fingerprint density at radius 1 is 1.00 bits per heavy atom. The second-order valence-corrected chi connectivity index (χ2v) is 9.17. The van der Waals surface area contributed by atoms with Crippen LogP contribution in [-0.2, 0) is 27.3 Å². The van der Waals surface area contributed by atoms with Gasteiger partial charge in [0.15, 0.2) is 0 Å². The van der Waals surface area contributed by atoms with E-state index in [0.29, 0.717) is 24.3 Å². The number of amides is 2. The van der Waals surface area contributed by atoms with E-state index in [1.165, 1.54) is 7.11 Å². The Balaban J connectivity index is 1.37. The first-order valence-corrected chi connectivity index (χ1v) is 11.9. The predicted octanol–water partition coefficient (Wildman–Crippen LogP) is 2.89. The molecule has 0 saturated carbocycles. The highest BCUT2D eigenvalue weighted by Crippen LogP contribution is 2.38. The summed E-state index contributed by atoms with van der Waals surface area (Å²) in [6.07, 6.45) is 3.83. The fourth-order valence-electron chi connectivity index (χ4n) is 4.09. The van der Waals surface area contributed by atoms with Gasteiger partial charge in [-0.3, -0.25) is 9.59 Å². The van der Waals surface area contributed by atoms with Gasteiger partial charge in [-0.15, -0.1) is 0 Å². The van der Waals surface area contributed by atoms with Gasteiger partial charge in [-0.05, 0) is 54.3 Å². The fraction of sp³-hybridized carbons (Fsp3) is 0.217. The average Bonchev–Trinajstić information content (AvgIpc) is 3.51. The number of primary amides is 1. The molecule has 2 aromatic carbocycles. The second kappa shape index (κ2) is 8.92. The number of rotatable bonds is 7. The summed E-state index contributed by atoms with van der Waals surface area (Å²) < 4.78 is 22.4. The summed E-state index contributed by atoms with van der Waals surface area (Å²) in [4.78, 5) is 25.9. The number of ether oxygens (including phenoxy) is 1. The summed E-state index contributed by atoms with van der Waals surface area (Å²) in [5, 5.41) is 2.93. The van der Waals surface area contributed by atoms with Crippen molar-refractivity contribution >= 4 is 57.3 Å². The summed E-state index contributed by atoms with van der Waals surface area (Å²) in [7, 11) is 1.50. The minimum absolute atomic E-state index is 0.121. The third-order valence-electron chi connectivity index (χ3n) is 5.94. The zero-order valence-electron chi connectivity index (χ0n) is 18.1. The number of hydrogen-bond acceptors (Lipinski definition) is 9. The number of aromatic nitrogens is 4. The van der Waals surface area contributed by atoms with E-state index in [0.717, 1.165) is 56.7 Å². The van der Waals surface area contributed by atoms with Crippen molar-refractivity contribution in [1.29, 1.82) is 0 Å². The van der Waals surface area contributed by atoms with E-state index in [1.54, 1.807) is 12.2 Å². The van der Waals surface area contributed by atoms with Gasteiger partial charge in [0, 0.05) is 6.54 Å². The summed E-state index contributed by atoms with van der Waals surface area (Å²) in [6.45, 7) is 0.299. The first kappa shape index (κ1) is 22.1. The van der Waals surface area contributed by atoms with Crippen molar-refractivity contribution in [2.24, 2.45) is 11.1 Å². The molecule has 0 spiro atoms. The Morgan fingerprint density at radius 3 is 2.26 bits per heavy atom. The third kappa shape index (κ3) is 4.15. The first-order chi connectivity index (χ1) is 16.5. The lowest BCUT2D eigenvalue weighted by molar-refractivity contribution is -0.125. The second-order valence-electron chi connectivity index (χ2n) is 8.11. The molecule has 0 bridgehead atoms. The molecule has 9 nitrogen and oxygen atoms in total. The zero-order valence-corrected chi connectivity index (χ0v) is 19.8. The lowest BCUT2D eigenvalue weighted by atomic mass is 9.72. The summed E-state index contributed by atoms with van der Waals surface area (Å²) in [5.74, 6) is -0.419. The molecule has 0 saturated heterocycles. The number of nitrogens with zero attached hydrogens (tertiary/aromatic N) is 4. The average molecular weight is 493 g/mol. The standard InChI is InChI=1S/C23H20N6O3S2/c1-32-20-6-7-23(22(24)31,10-13-2-4-16-18(8-13)28-33-26-16)11-15(20)21(30)25-12-14-3-5-17-19(9-14)29-34-27-17/h2-9H,10-12H2,1H3,(H2,24,31)(H,25,30). The lowest BCUT2D eigenvalue weighted by Crippen LogP contribution is -2.41. The number of benzene rings is 2. The maximum absolute atomic E-state index is 13.2. The molecule has 0 fully saturated rings. The molecular weight excluding hydrogens is 472 g/mol. The zero-order chi connectivity index (χ0) is 23.7. The number of hydrogen-bond donors (Lipinski definition) is 2. The minimum atomic E-state index is -1.07. The van der Waals surface area contributed by atoms with E-state index in [-0.39, 0.29) is 12.3 Å². The van der Waals surface area contributed by atoms with Gasteiger partial charge in [0.2, 0.25) is 5.91 Å². The van der Waals surface area contributed by atoms with Gasteiger partial charge < -0.3 is 15.8 Å². The highest BCUT2D eigenvalue weighted by molar-refractivity contribution is 7.00. The maximum atomic E-state index is 13.2. The fourth-order valence-corrected chi connectivity index (χ4v) is 5.12. The molecule has 1 atom stereocenters. The predicted molar refractivity (Wildman–Crippen MR) is 130 cm³/mol. The van der Waals surface area contributed by atoms with E-state index < -0.39 is 11.3 Å². The van der Waals surface area contributed by atoms with Crippen molar-refractivity contribution in [1.82, 2.24) is 22.8 Å². The molecule has 2 heterocycles. The minimum Gasteiger partial charge on any atom is -0.496 e. The number of carbonyl (C=O) groups is 2. The van der Waals surface area contributed by atoms with Crippen LogP contribution in [0.5, 0.6) is 0 Å². The summed E-state index contributed by atoms with van der Waals surface area (Å²) >= 11 is 2.28. The van der Waals surface area contributed by atoms with E-state index >= 15 is 0 Å². The largest absolute Gasteiger partial charge is 0.496 e. The van der Waals surface area contributed by atoms with Crippen molar-refractivity contribution in [2.75, 3.05) is 7.11 Å². The number of carbonyl (C=O) groups excluding carboxylic acids is 2. The van der Waals surface area contributed by atoms with Gasteiger partial charge in [-0.1, -0.05) is 18.2 Å². The molecule has 34 heavy (non-hydrogen) atoms. The van der Waals surface area contributed by atoms with Crippen LogP contribution in [-0.4, -0.2) is 36.4 Å². The molecule has 11 heteroatoms. The van der Waals surface area contributed by atoms with E-state index in [9.17, 15) is 9.59 Å². The van der Waals surface area contributed by atoms with Crippen molar-refractivity contribution in [3.8, 4) is 0 Å². The molecule has 2 amide bonds. The lowest BCUT2D eigenvalue weighted by Gasteiger charge is -2.32. The Morgan fingerprint density at radius 2 is 1.62 bits per heavy atom. The molecule has 3 N–H and O–H groups in total. The quantitative estimate of drug-likeness (QED) is 0.405. The highest BCUT2D eigenvalue weighted by atomic mass is 32.1. The van der Waals surface area contributed by atoms with Crippen LogP contribution in [0, 0.1) is 5.41 Å². The van der Waals surface area contributed by atoms with Crippen LogP contribution in [0.4, 0.5) is 0 Å². The van der Waals surface area contributed by atoms with Gasteiger partial charge in [0.25, 0.3) is 5.91 Å². The highest BCUT2D eigenvalue weighted by Gasteiger charge is 2.40. The van der Waals surface area contributed by atoms with Gasteiger partial charge in [-0.25, -0.2) is 0 Å². The molecule has 0 radical (unpaired) electrons. The Bertz CT molecular complexity index is 1470. The smallest absolute Gasteiger partial charge is 0.251 e. The van der Waals surface area contributed by atoms with E-state index in [1.807, 2.05) is 36.4 Å². The van der Waals surface area contributed by atoms with Crippen LogP contribution in [0.15, 0.2) is 59.9 Å². The SMILES string of the molecule is COC1=C(C(=O)NCc2ccc3nsnc3c2)CC(Cc2ccc3nsnc3c2)(C(N)=O)C=C1. The van der Waals surface area contributed by atoms with Gasteiger partial charge >= 0.3 is 0 Å². The van der Waals surface area contributed by atoms with Crippen LogP contribution in [0.3, 0.4) is 0 Å². The number of allylic oxidation sites excluding steroid dienone is 1. The Kier molecular flexibility index (Phi) is 5.80. The van der Waals surface area contributed by atoms with Crippen LogP contribution in [0.1, 0.15) is 17.5 Å². The van der Waals surface area contributed by atoms with Crippen LogP contribution < -0.4 is 11.1 Å². The molecule has 1 aliphatic rings. The van der Waals surface area contributed by atoms with Gasteiger partial charge in [0.1, 0.15) is 27.8 Å². The molecule has 1 unspecified atom stereocenters. The summed E-state index contributed by atoms with van der Waals surface area (Å²) in [5.41, 5.74) is 10.1. The number of nitrogens with one attached hydrogen (secondary N) is 1. The number of fused-ring (bicyclic) bond motifs is 2. The van der Waals surface area contributed by atoms with Gasteiger partial charge in [0.05, 0.1) is 41.6 Å². The van der Waals surface area contributed by atoms with Crippen molar-refractivity contribution in [3.05, 3.63) is 71.0 Å². The molecule has 5 rings (SSSR count). The number of nitrogens with two attached hydrogens (primary N) is 1. The van der Waals surface area contributed by atoms with Crippen LogP contribution >= 0.6 is 23.5 Å². The third-order valence-corrected chi connectivity index (χ3v) is 7.05. The van der Waals surface area contributed by atoms with Crippen LogP contribution in [0.2, 0.25) is 0 Å². The monoisotopic (exact) mass is 492 g/mol. The Labute approximate surface area is 203 Å². The van der Waals surface area contributed by atoms with Gasteiger partial charge in [-0.2, -0.15) is 17.5 Å². The maximum Gasteiger partial charge on any atom is 0.251 e. The van der Waals surface area contributed by atoms with E-state index in [2.05, 4.69) is 22.8 Å². The molecule has 2 aromatic heterocycles. The Hall–Kier alpha value is -3.70. The summed E-state index contributed by atoms with van der Waals surface area (Å²) in [6, 6.07) is 11.3. The molecular formula is C23H20N6O3S2. The molecule has 0 aliphatic heterocycles. The van der Waals surface area contributed by atoms with Crippen molar-refractivity contribution < 1.29 is 14.3 Å². The molecule has 172 valence electrons. The topological polar surface area (TPSA) is 133 Å². The number of methoxy groups -OCH3 is 1. The van der Waals surface area contributed by atoms with Crippen molar-refractivity contribution in [2.45, 2.75) is 19.4 Å². The van der Waals surface area contributed by atoms with Crippen molar-refractivity contribution in [3.63, 3.8) is 0 Å². The normalized spacial score (nSPS) is 17.9. The first-order valence-electron chi connectivity index (χ1n) is 10.4. The molecule has 4 aromatic rings.